The summed E-state index contributed by atoms with van der Waals surface area (Å²) in [7, 11) is 0. The molecule has 5 nitrogen and oxygen atoms in total. The molecule has 2 aromatic carbocycles. The van der Waals surface area contributed by atoms with Crippen molar-refractivity contribution >= 4 is 17.5 Å². The Kier molecular flexibility index (Phi) is 4.94. The van der Waals surface area contributed by atoms with Crippen molar-refractivity contribution < 1.29 is 9.59 Å². The van der Waals surface area contributed by atoms with Crippen molar-refractivity contribution in [2.45, 2.75) is 19.4 Å². The van der Waals surface area contributed by atoms with Crippen molar-refractivity contribution in [2.75, 3.05) is 31.5 Å². The van der Waals surface area contributed by atoms with Crippen LogP contribution in [0.15, 0.2) is 60.7 Å². The lowest BCUT2D eigenvalue weighted by molar-refractivity contribution is -0.143. The minimum Gasteiger partial charge on any atom is -0.339 e. The van der Waals surface area contributed by atoms with Gasteiger partial charge in [0.2, 0.25) is 11.8 Å². The molecule has 0 unspecified atom stereocenters. The average Bonchev–Trinajstić information content (AvgIpc) is 3.52. The Morgan fingerprint density at radius 1 is 0.852 bits per heavy atom. The van der Waals surface area contributed by atoms with Gasteiger partial charge in [0, 0.05) is 38.4 Å². The molecule has 2 amide bonds. The van der Waals surface area contributed by atoms with Crippen LogP contribution < -0.4 is 5.32 Å². The number of para-hydroxylation sites is 1. The smallest absolute Gasteiger partial charge is 0.240 e. The van der Waals surface area contributed by atoms with Crippen molar-refractivity contribution in [3.8, 4) is 0 Å². The van der Waals surface area contributed by atoms with Crippen LogP contribution in [0.25, 0.3) is 0 Å². The molecule has 1 aliphatic heterocycles. The van der Waals surface area contributed by atoms with Gasteiger partial charge in [0.15, 0.2) is 0 Å². The van der Waals surface area contributed by atoms with Crippen molar-refractivity contribution in [1.82, 2.24) is 9.80 Å². The zero-order valence-corrected chi connectivity index (χ0v) is 15.4. The molecule has 2 aliphatic rings. The highest BCUT2D eigenvalue weighted by Gasteiger charge is 2.58. The van der Waals surface area contributed by atoms with E-state index in [2.05, 4.69) is 34.5 Å². The predicted octanol–water partition coefficient (Wildman–Crippen LogP) is 2.75. The number of piperazine rings is 1. The molecule has 1 N–H and O–H groups in total. The maximum atomic E-state index is 13.0. The molecule has 0 spiro atoms. The molecule has 27 heavy (non-hydrogen) atoms. The molecule has 0 bridgehead atoms. The first kappa shape index (κ1) is 17.7. The molecule has 0 atom stereocenters. The number of anilines is 1. The summed E-state index contributed by atoms with van der Waals surface area (Å²) < 4.78 is 0. The molecule has 1 heterocycles. The fourth-order valence-corrected chi connectivity index (χ4v) is 3.69. The van der Waals surface area contributed by atoms with E-state index in [4.69, 9.17) is 0 Å². The molecule has 0 radical (unpaired) electrons. The standard InChI is InChI=1S/C22H25N3O2/c26-20(23-19-9-5-2-6-10-19)22(11-12-22)21(27)25-15-13-24(14-16-25)17-18-7-3-1-4-8-18/h1-10H,11-17H2,(H,23,26). The second-order valence-corrected chi connectivity index (χ2v) is 7.46. The number of carbonyl (C=O) groups excluding carboxylic acids is 2. The molecule has 1 saturated carbocycles. The number of rotatable bonds is 5. The maximum absolute atomic E-state index is 13.0. The summed E-state index contributed by atoms with van der Waals surface area (Å²) in [6.07, 6.45) is 1.30. The van der Waals surface area contributed by atoms with Crippen LogP contribution in [-0.2, 0) is 16.1 Å². The molecule has 1 saturated heterocycles. The molecule has 0 aromatic heterocycles. The topological polar surface area (TPSA) is 52.7 Å². The van der Waals surface area contributed by atoms with Gasteiger partial charge >= 0.3 is 0 Å². The summed E-state index contributed by atoms with van der Waals surface area (Å²) in [5.41, 5.74) is 1.18. The lowest BCUT2D eigenvalue weighted by Crippen LogP contribution is -2.52. The Morgan fingerprint density at radius 2 is 1.44 bits per heavy atom. The molecule has 2 aromatic rings. The number of hydrogen-bond acceptors (Lipinski definition) is 3. The van der Waals surface area contributed by atoms with Crippen molar-refractivity contribution in [3.63, 3.8) is 0 Å². The number of carbonyl (C=O) groups is 2. The molecule has 140 valence electrons. The predicted molar refractivity (Wildman–Crippen MR) is 105 cm³/mol. The lowest BCUT2D eigenvalue weighted by Gasteiger charge is -2.36. The minimum absolute atomic E-state index is 0.00436. The van der Waals surface area contributed by atoms with E-state index in [-0.39, 0.29) is 11.8 Å². The van der Waals surface area contributed by atoms with Gasteiger partial charge in [-0.05, 0) is 30.5 Å². The number of nitrogens with one attached hydrogen (secondary N) is 1. The second kappa shape index (κ2) is 7.53. The summed E-state index contributed by atoms with van der Waals surface area (Å²) in [5, 5.41) is 2.91. The van der Waals surface area contributed by atoms with Crippen LogP contribution in [-0.4, -0.2) is 47.8 Å². The van der Waals surface area contributed by atoms with E-state index >= 15 is 0 Å². The molecule has 1 aliphatic carbocycles. The monoisotopic (exact) mass is 363 g/mol. The Bertz CT molecular complexity index is 795. The Labute approximate surface area is 160 Å². The SMILES string of the molecule is O=C(Nc1ccccc1)C1(C(=O)N2CCN(Cc3ccccc3)CC2)CC1. The van der Waals surface area contributed by atoms with Crippen LogP contribution in [0.1, 0.15) is 18.4 Å². The summed E-state index contributed by atoms with van der Waals surface area (Å²) in [6, 6.07) is 19.7. The molecular formula is C22H25N3O2. The third-order valence-electron chi connectivity index (χ3n) is 5.53. The van der Waals surface area contributed by atoms with Crippen LogP contribution >= 0.6 is 0 Å². The van der Waals surface area contributed by atoms with E-state index < -0.39 is 5.41 Å². The van der Waals surface area contributed by atoms with Crippen molar-refractivity contribution in [3.05, 3.63) is 66.2 Å². The first-order valence-electron chi connectivity index (χ1n) is 9.60. The summed E-state index contributed by atoms with van der Waals surface area (Å²) >= 11 is 0. The number of amides is 2. The Morgan fingerprint density at radius 3 is 2.04 bits per heavy atom. The van der Waals surface area contributed by atoms with Gasteiger partial charge in [0.25, 0.3) is 0 Å². The largest absolute Gasteiger partial charge is 0.339 e. The van der Waals surface area contributed by atoms with Gasteiger partial charge < -0.3 is 10.2 Å². The highest BCUT2D eigenvalue weighted by Crippen LogP contribution is 2.48. The fourth-order valence-electron chi connectivity index (χ4n) is 3.69. The number of nitrogens with zero attached hydrogens (tertiary/aromatic N) is 2. The Balaban J connectivity index is 1.33. The number of benzene rings is 2. The quantitative estimate of drug-likeness (QED) is 0.831. The highest BCUT2D eigenvalue weighted by molar-refractivity contribution is 6.13. The van der Waals surface area contributed by atoms with Gasteiger partial charge in [-0.3, -0.25) is 14.5 Å². The van der Waals surface area contributed by atoms with Crippen LogP contribution in [0.3, 0.4) is 0 Å². The van der Waals surface area contributed by atoms with E-state index in [0.717, 1.165) is 25.3 Å². The zero-order chi connectivity index (χ0) is 18.7. The van der Waals surface area contributed by atoms with Crippen LogP contribution in [0.5, 0.6) is 0 Å². The van der Waals surface area contributed by atoms with Crippen molar-refractivity contribution in [1.29, 1.82) is 0 Å². The molecular weight excluding hydrogens is 338 g/mol. The van der Waals surface area contributed by atoms with E-state index in [1.165, 1.54) is 5.56 Å². The first-order valence-corrected chi connectivity index (χ1v) is 9.60. The van der Waals surface area contributed by atoms with E-state index in [9.17, 15) is 9.59 Å². The van der Waals surface area contributed by atoms with E-state index in [1.54, 1.807) is 0 Å². The maximum Gasteiger partial charge on any atom is 0.240 e. The van der Waals surface area contributed by atoms with Crippen LogP contribution in [0.4, 0.5) is 5.69 Å². The average molecular weight is 363 g/mol. The van der Waals surface area contributed by atoms with Gasteiger partial charge in [-0.25, -0.2) is 0 Å². The van der Waals surface area contributed by atoms with E-state index in [1.807, 2.05) is 41.3 Å². The normalized spacial score (nSPS) is 18.7. The molecule has 4 rings (SSSR count). The second-order valence-electron chi connectivity index (χ2n) is 7.46. The third-order valence-corrected chi connectivity index (χ3v) is 5.53. The van der Waals surface area contributed by atoms with E-state index in [0.29, 0.717) is 25.9 Å². The summed E-state index contributed by atoms with van der Waals surface area (Å²) in [6.45, 7) is 3.97. The van der Waals surface area contributed by atoms with Gasteiger partial charge in [-0.15, -0.1) is 0 Å². The summed E-state index contributed by atoms with van der Waals surface area (Å²) in [5.74, 6) is -0.166. The van der Waals surface area contributed by atoms with Crippen LogP contribution in [0.2, 0.25) is 0 Å². The van der Waals surface area contributed by atoms with Crippen molar-refractivity contribution in [2.24, 2.45) is 5.41 Å². The fraction of sp³-hybridized carbons (Fsp3) is 0.364. The zero-order valence-electron chi connectivity index (χ0n) is 15.4. The van der Waals surface area contributed by atoms with Gasteiger partial charge in [0.05, 0.1) is 0 Å². The van der Waals surface area contributed by atoms with Crippen LogP contribution in [0, 0.1) is 5.41 Å². The van der Waals surface area contributed by atoms with Gasteiger partial charge in [-0.1, -0.05) is 48.5 Å². The molecule has 2 fully saturated rings. The summed E-state index contributed by atoms with van der Waals surface area (Å²) in [4.78, 5) is 30.0. The lowest BCUT2D eigenvalue weighted by atomic mass is 10.0. The van der Waals surface area contributed by atoms with Gasteiger partial charge in [-0.2, -0.15) is 0 Å². The number of hydrogen-bond donors (Lipinski definition) is 1. The minimum atomic E-state index is -0.850. The molecule has 5 heteroatoms. The Hall–Kier alpha value is -2.66. The highest BCUT2D eigenvalue weighted by atomic mass is 16.2. The third kappa shape index (κ3) is 3.88. The first-order chi connectivity index (χ1) is 13.2. The van der Waals surface area contributed by atoms with Gasteiger partial charge in [0.1, 0.15) is 5.41 Å².